The van der Waals surface area contributed by atoms with Gasteiger partial charge in [0.2, 0.25) is 0 Å². The molecular formula is C28H54O3. The van der Waals surface area contributed by atoms with Crippen molar-refractivity contribution in [3.63, 3.8) is 0 Å². The van der Waals surface area contributed by atoms with Crippen LogP contribution in [0.5, 0.6) is 0 Å². The van der Waals surface area contributed by atoms with E-state index in [0.717, 1.165) is 39.3 Å². The summed E-state index contributed by atoms with van der Waals surface area (Å²) in [5.41, 5.74) is 0.429. The highest BCUT2D eigenvalue weighted by Crippen LogP contribution is 2.48. The highest BCUT2D eigenvalue weighted by atomic mass is 16.5. The Kier molecular flexibility index (Phi) is 11.9. The second kappa shape index (κ2) is 13.6. The number of unbranched alkanes of at least 4 members (excludes halogenated alkanes) is 4. The minimum absolute atomic E-state index is 0.215. The molecule has 0 radical (unpaired) electrons. The molecule has 2 aliphatic heterocycles. The van der Waals surface area contributed by atoms with Crippen molar-refractivity contribution in [3.05, 3.63) is 0 Å². The fourth-order valence-corrected chi connectivity index (χ4v) is 5.99. The topological polar surface area (TPSA) is 27.7 Å². The van der Waals surface area contributed by atoms with Gasteiger partial charge in [0, 0.05) is 10.8 Å². The molecule has 4 unspecified atom stereocenters. The normalized spacial score (nSPS) is 23.4. The summed E-state index contributed by atoms with van der Waals surface area (Å²) in [6.45, 7) is 17.6. The lowest BCUT2D eigenvalue weighted by atomic mass is 9.68. The number of ether oxygens (including phenoxy) is 3. The van der Waals surface area contributed by atoms with Crippen molar-refractivity contribution in [2.75, 3.05) is 26.4 Å². The molecule has 0 aromatic heterocycles. The van der Waals surface area contributed by atoms with Gasteiger partial charge >= 0.3 is 0 Å². The fourth-order valence-electron chi connectivity index (χ4n) is 5.99. The van der Waals surface area contributed by atoms with Crippen molar-refractivity contribution in [1.29, 1.82) is 0 Å². The van der Waals surface area contributed by atoms with E-state index in [1.54, 1.807) is 0 Å². The molecule has 0 N–H and O–H groups in total. The zero-order chi connectivity index (χ0) is 22.7. The Morgan fingerprint density at radius 3 is 1.23 bits per heavy atom. The van der Waals surface area contributed by atoms with E-state index in [-0.39, 0.29) is 10.8 Å². The van der Waals surface area contributed by atoms with Crippen molar-refractivity contribution < 1.29 is 14.2 Å². The number of hydrogen-bond acceptors (Lipinski definition) is 3. The molecule has 2 fully saturated rings. The summed E-state index contributed by atoms with van der Waals surface area (Å²) in [5, 5.41) is 0. The molecule has 4 atom stereocenters. The van der Waals surface area contributed by atoms with Gasteiger partial charge in [-0.2, -0.15) is 0 Å². The first kappa shape index (κ1) is 27.1. The van der Waals surface area contributed by atoms with Crippen molar-refractivity contribution in [1.82, 2.24) is 0 Å². The first-order valence-electron chi connectivity index (χ1n) is 13.9. The van der Waals surface area contributed by atoms with Gasteiger partial charge in [-0.1, -0.05) is 92.9 Å². The molecule has 2 aliphatic rings. The van der Waals surface area contributed by atoms with Crippen LogP contribution in [0.2, 0.25) is 0 Å². The van der Waals surface area contributed by atoms with E-state index in [2.05, 4.69) is 41.5 Å². The van der Waals surface area contributed by atoms with Crippen molar-refractivity contribution >= 4 is 0 Å². The number of hydrogen-bond donors (Lipinski definition) is 0. The van der Waals surface area contributed by atoms with Crippen LogP contribution in [0.4, 0.5) is 0 Å². The van der Waals surface area contributed by atoms with Gasteiger partial charge in [0.25, 0.3) is 0 Å². The second-order valence-corrected chi connectivity index (χ2v) is 10.7. The Morgan fingerprint density at radius 2 is 1.00 bits per heavy atom. The molecule has 0 amide bonds. The molecule has 184 valence electrons. The molecule has 0 aromatic rings. The van der Waals surface area contributed by atoms with E-state index < -0.39 is 0 Å². The van der Waals surface area contributed by atoms with Crippen LogP contribution in [-0.4, -0.2) is 38.6 Å². The SMILES string of the molecule is CCCCCC(CC)C(OC(C(CC)CCCCC)C1(CC)COC1)C1(CC)COC1. The van der Waals surface area contributed by atoms with Gasteiger partial charge in [-0.3, -0.25) is 0 Å². The summed E-state index contributed by atoms with van der Waals surface area (Å²) in [4.78, 5) is 0. The average molecular weight is 439 g/mol. The molecule has 0 saturated carbocycles. The summed E-state index contributed by atoms with van der Waals surface area (Å²) in [5.74, 6) is 1.28. The maximum atomic E-state index is 7.45. The van der Waals surface area contributed by atoms with E-state index in [1.165, 1.54) is 64.2 Å². The third-order valence-corrected chi connectivity index (χ3v) is 8.73. The van der Waals surface area contributed by atoms with E-state index in [4.69, 9.17) is 14.2 Å². The first-order valence-corrected chi connectivity index (χ1v) is 13.9. The summed E-state index contributed by atoms with van der Waals surface area (Å²) in [6.07, 6.45) is 15.9. The van der Waals surface area contributed by atoms with Crippen molar-refractivity contribution in [2.24, 2.45) is 22.7 Å². The Morgan fingerprint density at radius 1 is 0.613 bits per heavy atom. The largest absolute Gasteiger partial charge is 0.380 e. The maximum Gasteiger partial charge on any atom is 0.0707 e. The quantitative estimate of drug-likeness (QED) is 0.204. The Balaban J connectivity index is 2.29. The maximum absolute atomic E-state index is 7.45. The van der Waals surface area contributed by atoms with Crippen molar-refractivity contribution in [3.8, 4) is 0 Å². The Labute approximate surface area is 194 Å². The zero-order valence-corrected chi connectivity index (χ0v) is 21.8. The van der Waals surface area contributed by atoms with Gasteiger partial charge in [-0.15, -0.1) is 0 Å². The molecule has 2 saturated heterocycles. The molecular weight excluding hydrogens is 384 g/mol. The third-order valence-electron chi connectivity index (χ3n) is 8.73. The van der Waals surface area contributed by atoms with Gasteiger partial charge in [0.15, 0.2) is 0 Å². The van der Waals surface area contributed by atoms with E-state index in [1.807, 2.05) is 0 Å². The second-order valence-electron chi connectivity index (χ2n) is 10.7. The predicted molar refractivity (Wildman–Crippen MR) is 132 cm³/mol. The van der Waals surface area contributed by atoms with Gasteiger partial charge in [0.1, 0.15) is 0 Å². The van der Waals surface area contributed by atoms with Crippen molar-refractivity contribution in [2.45, 2.75) is 131 Å². The predicted octanol–water partition coefficient (Wildman–Crippen LogP) is 7.81. The smallest absolute Gasteiger partial charge is 0.0707 e. The first-order chi connectivity index (χ1) is 15.1. The highest BCUT2D eigenvalue weighted by molar-refractivity contribution is 5.00. The van der Waals surface area contributed by atoms with Crippen LogP contribution in [0.3, 0.4) is 0 Å². The standard InChI is InChI=1S/C28H54O3/c1-7-13-15-17-23(9-3)25(27(11-5)19-29-20-27)31-26(28(12-6)21-30-22-28)24(10-4)18-16-14-8-2/h23-26H,7-22H2,1-6H3. The lowest BCUT2D eigenvalue weighted by molar-refractivity contribution is -0.272. The van der Waals surface area contributed by atoms with Gasteiger partial charge in [-0.05, 0) is 37.5 Å². The zero-order valence-electron chi connectivity index (χ0n) is 21.8. The van der Waals surface area contributed by atoms with E-state index in [0.29, 0.717) is 24.0 Å². The van der Waals surface area contributed by atoms with Gasteiger partial charge in [0.05, 0.1) is 38.6 Å². The van der Waals surface area contributed by atoms with E-state index in [9.17, 15) is 0 Å². The lowest BCUT2D eigenvalue weighted by Gasteiger charge is -2.55. The van der Waals surface area contributed by atoms with Crippen LogP contribution in [0.25, 0.3) is 0 Å². The van der Waals surface area contributed by atoms with Crippen LogP contribution < -0.4 is 0 Å². The summed E-state index contributed by atoms with van der Waals surface area (Å²) in [7, 11) is 0. The monoisotopic (exact) mass is 438 g/mol. The summed E-state index contributed by atoms with van der Waals surface area (Å²) >= 11 is 0. The minimum Gasteiger partial charge on any atom is -0.380 e. The fraction of sp³-hybridized carbons (Fsp3) is 1.00. The minimum atomic E-state index is 0.215. The third kappa shape index (κ3) is 6.48. The van der Waals surface area contributed by atoms with Crippen LogP contribution in [0.15, 0.2) is 0 Å². The summed E-state index contributed by atoms with van der Waals surface area (Å²) < 4.78 is 19.1. The Bertz CT molecular complexity index is 416. The molecule has 0 bridgehead atoms. The Hall–Kier alpha value is -0.120. The lowest BCUT2D eigenvalue weighted by Crippen LogP contribution is -2.61. The molecule has 2 heterocycles. The molecule has 0 aromatic carbocycles. The van der Waals surface area contributed by atoms with Gasteiger partial charge in [-0.25, -0.2) is 0 Å². The van der Waals surface area contributed by atoms with Gasteiger partial charge < -0.3 is 14.2 Å². The molecule has 3 heteroatoms. The molecule has 3 nitrogen and oxygen atoms in total. The van der Waals surface area contributed by atoms with Crippen LogP contribution in [0.1, 0.15) is 119 Å². The highest BCUT2D eigenvalue weighted by Gasteiger charge is 2.53. The average Bonchev–Trinajstić information content (AvgIpc) is 2.72. The molecule has 0 aliphatic carbocycles. The van der Waals surface area contributed by atoms with Crippen LogP contribution in [-0.2, 0) is 14.2 Å². The summed E-state index contributed by atoms with van der Waals surface area (Å²) in [6, 6.07) is 0. The molecule has 0 spiro atoms. The molecule has 2 rings (SSSR count). The van der Waals surface area contributed by atoms with Crippen LogP contribution >= 0.6 is 0 Å². The number of rotatable bonds is 18. The van der Waals surface area contributed by atoms with Crippen LogP contribution in [0, 0.1) is 22.7 Å². The van der Waals surface area contributed by atoms with E-state index >= 15 is 0 Å². The molecule has 31 heavy (non-hydrogen) atoms.